The second kappa shape index (κ2) is 6.12. The molecule has 0 aliphatic rings. The predicted octanol–water partition coefficient (Wildman–Crippen LogP) is 1.31. The lowest BCUT2D eigenvalue weighted by Crippen LogP contribution is -2.14. The summed E-state index contributed by atoms with van der Waals surface area (Å²) >= 11 is 1.25. The lowest BCUT2D eigenvalue weighted by Gasteiger charge is -2.12. The van der Waals surface area contributed by atoms with Crippen LogP contribution in [-0.4, -0.2) is 33.4 Å². The van der Waals surface area contributed by atoms with Crippen LogP contribution in [0.1, 0.15) is 11.7 Å². The lowest BCUT2D eigenvalue weighted by atomic mass is 10.1. The first kappa shape index (κ1) is 14.5. The minimum Gasteiger partial charge on any atom is -0.497 e. The standard InChI is InChI=1S/C14H14N4O3S/c1-21-10-4-2-3-9(7-10)11(19)8-16-13-17-18-12(20)5-6-15-14(18)22-13/h2-7,11,19H,8H2,1H3,(H,16,17). The molecule has 2 heterocycles. The van der Waals surface area contributed by atoms with E-state index in [1.165, 1.54) is 28.1 Å². The van der Waals surface area contributed by atoms with Gasteiger partial charge in [-0.1, -0.05) is 23.5 Å². The number of hydrogen-bond acceptors (Lipinski definition) is 7. The van der Waals surface area contributed by atoms with Gasteiger partial charge < -0.3 is 15.2 Å². The molecule has 0 aliphatic carbocycles. The molecule has 0 amide bonds. The van der Waals surface area contributed by atoms with Gasteiger partial charge in [-0.3, -0.25) is 4.79 Å². The van der Waals surface area contributed by atoms with Crippen molar-refractivity contribution in [1.29, 1.82) is 0 Å². The number of anilines is 1. The zero-order valence-electron chi connectivity index (χ0n) is 11.8. The molecule has 22 heavy (non-hydrogen) atoms. The quantitative estimate of drug-likeness (QED) is 0.737. The third kappa shape index (κ3) is 2.92. The molecule has 0 aliphatic heterocycles. The molecule has 7 nitrogen and oxygen atoms in total. The van der Waals surface area contributed by atoms with Crippen LogP contribution in [-0.2, 0) is 0 Å². The minimum absolute atomic E-state index is 0.234. The number of ether oxygens (including phenoxy) is 1. The molecule has 3 rings (SSSR count). The van der Waals surface area contributed by atoms with Crippen LogP contribution in [0.25, 0.3) is 4.96 Å². The van der Waals surface area contributed by atoms with Gasteiger partial charge in [0.05, 0.1) is 13.2 Å². The third-order valence-corrected chi connectivity index (χ3v) is 3.98. The number of aliphatic hydroxyl groups is 1. The molecule has 1 atom stereocenters. The smallest absolute Gasteiger partial charge is 0.275 e. The third-order valence-electron chi connectivity index (χ3n) is 3.10. The van der Waals surface area contributed by atoms with E-state index in [2.05, 4.69) is 15.4 Å². The summed E-state index contributed by atoms with van der Waals surface area (Å²) in [5.41, 5.74) is 0.505. The highest BCUT2D eigenvalue weighted by Gasteiger charge is 2.11. The number of hydrogen-bond donors (Lipinski definition) is 2. The minimum atomic E-state index is -0.716. The van der Waals surface area contributed by atoms with Gasteiger partial charge >= 0.3 is 0 Å². The van der Waals surface area contributed by atoms with E-state index in [0.717, 1.165) is 5.56 Å². The fourth-order valence-electron chi connectivity index (χ4n) is 1.97. The van der Waals surface area contributed by atoms with Crippen molar-refractivity contribution in [1.82, 2.24) is 14.6 Å². The van der Waals surface area contributed by atoms with E-state index in [9.17, 15) is 9.90 Å². The molecule has 0 radical (unpaired) electrons. The highest BCUT2D eigenvalue weighted by atomic mass is 32.1. The number of rotatable bonds is 5. The summed E-state index contributed by atoms with van der Waals surface area (Å²) in [5, 5.41) is 17.9. The predicted molar refractivity (Wildman–Crippen MR) is 83.6 cm³/mol. The Morgan fingerprint density at radius 2 is 2.32 bits per heavy atom. The first-order valence-corrected chi connectivity index (χ1v) is 7.40. The van der Waals surface area contributed by atoms with Gasteiger partial charge in [-0.15, -0.1) is 5.10 Å². The normalized spacial score (nSPS) is 12.3. The van der Waals surface area contributed by atoms with E-state index in [-0.39, 0.29) is 12.1 Å². The maximum absolute atomic E-state index is 11.6. The van der Waals surface area contributed by atoms with Gasteiger partial charge in [0.1, 0.15) is 5.75 Å². The van der Waals surface area contributed by atoms with E-state index in [0.29, 0.717) is 15.8 Å². The molecular formula is C14H14N4O3S. The van der Waals surface area contributed by atoms with Crippen LogP contribution in [0.2, 0.25) is 0 Å². The summed E-state index contributed by atoms with van der Waals surface area (Å²) in [4.78, 5) is 16.2. The molecule has 1 unspecified atom stereocenters. The molecule has 114 valence electrons. The van der Waals surface area contributed by atoms with Gasteiger partial charge in [0, 0.05) is 18.8 Å². The van der Waals surface area contributed by atoms with E-state index in [4.69, 9.17) is 4.74 Å². The van der Waals surface area contributed by atoms with Crippen molar-refractivity contribution in [2.75, 3.05) is 19.0 Å². The van der Waals surface area contributed by atoms with Crippen LogP contribution in [0.15, 0.2) is 41.3 Å². The van der Waals surface area contributed by atoms with E-state index < -0.39 is 6.10 Å². The van der Waals surface area contributed by atoms with Gasteiger partial charge in [-0.05, 0) is 17.7 Å². The average Bonchev–Trinajstić information content (AvgIpc) is 2.97. The Bertz CT molecular complexity index is 845. The van der Waals surface area contributed by atoms with Crippen LogP contribution in [0.4, 0.5) is 5.13 Å². The highest BCUT2D eigenvalue weighted by molar-refractivity contribution is 7.20. The molecule has 0 spiro atoms. The van der Waals surface area contributed by atoms with E-state index in [1.807, 2.05) is 18.2 Å². The Morgan fingerprint density at radius 3 is 3.09 bits per heavy atom. The summed E-state index contributed by atoms with van der Waals surface area (Å²) in [6, 6.07) is 8.57. The number of methoxy groups -OCH3 is 1. The van der Waals surface area contributed by atoms with Gasteiger partial charge in [0.2, 0.25) is 10.1 Å². The Kier molecular flexibility index (Phi) is 4.03. The second-order valence-electron chi connectivity index (χ2n) is 4.56. The van der Waals surface area contributed by atoms with Gasteiger partial charge in [0.25, 0.3) is 5.56 Å². The molecule has 8 heteroatoms. The van der Waals surface area contributed by atoms with Gasteiger partial charge in [-0.2, -0.15) is 4.52 Å². The SMILES string of the molecule is COc1cccc(C(O)CNc2nn3c(=O)ccnc3s2)c1. The van der Waals surface area contributed by atoms with Crippen molar-refractivity contribution in [2.24, 2.45) is 0 Å². The topological polar surface area (TPSA) is 88.8 Å². The first-order valence-electron chi connectivity index (χ1n) is 6.58. The van der Waals surface area contributed by atoms with Crippen LogP contribution < -0.4 is 15.6 Å². The second-order valence-corrected chi connectivity index (χ2v) is 5.51. The zero-order valence-corrected chi connectivity index (χ0v) is 12.6. The summed E-state index contributed by atoms with van der Waals surface area (Å²) in [7, 11) is 1.58. The molecule has 1 aromatic carbocycles. The summed E-state index contributed by atoms with van der Waals surface area (Å²) in [5.74, 6) is 0.687. The molecule has 0 saturated carbocycles. The van der Waals surface area contributed by atoms with Crippen molar-refractivity contribution in [2.45, 2.75) is 6.10 Å². The first-order chi connectivity index (χ1) is 10.7. The van der Waals surface area contributed by atoms with Crippen LogP contribution in [0.3, 0.4) is 0 Å². The average molecular weight is 318 g/mol. The Morgan fingerprint density at radius 1 is 1.45 bits per heavy atom. The van der Waals surface area contributed by atoms with Crippen LogP contribution in [0.5, 0.6) is 5.75 Å². The number of nitrogens with one attached hydrogen (secondary N) is 1. The number of aliphatic hydroxyl groups excluding tert-OH is 1. The zero-order chi connectivity index (χ0) is 15.5. The molecule has 3 aromatic rings. The summed E-state index contributed by atoms with van der Waals surface area (Å²) in [6.07, 6.45) is 0.733. The van der Waals surface area contributed by atoms with Gasteiger partial charge in [0.15, 0.2) is 0 Å². The van der Waals surface area contributed by atoms with Gasteiger partial charge in [-0.25, -0.2) is 4.98 Å². The fraction of sp³-hybridized carbons (Fsp3) is 0.214. The Balaban J connectivity index is 1.72. The molecule has 0 fully saturated rings. The van der Waals surface area contributed by atoms with Crippen molar-refractivity contribution in [3.05, 3.63) is 52.4 Å². The Labute approximate surface area is 129 Å². The molecule has 0 saturated heterocycles. The highest BCUT2D eigenvalue weighted by Crippen LogP contribution is 2.21. The van der Waals surface area contributed by atoms with E-state index >= 15 is 0 Å². The molecular weight excluding hydrogens is 304 g/mol. The number of nitrogens with zero attached hydrogens (tertiary/aromatic N) is 3. The maximum Gasteiger partial charge on any atom is 0.275 e. The van der Waals surface area contributed by atoms with E-state index in [1.54, 1.807) is 13.2 Å². The number of aromatic nitrogens is 3. The maximum atomic E-state index is 11.6. The fourth-order valence-corrected chi connectivity index (χ4v) is 2.75. The van der Waals surface area contributed by atoms with Crippen LogP contribution >= 0.6 is 11.3 Å². The molecule has 2 N–H and O–H groups in total. The summed E-state index contributed by atoms with van der Waals surface area (Å²) < 4.78 is 6.36. The summed E-state index contributed by atoms with van der Waals surface area (Å²) in [6.45, 7) is 0.266. The molecule has 0 bridgehead atoms. The molecule has 2 aromatic heterocycles. The monoisotopic (exact) mass is 318 g/mol. The van der Waals surface area contributed by atoms with Crippen LogP contribution in [0, 0.1) is 0 Å². The number of fused-ring (bicyclic) bond motifs is 1. The van der Waals surface area contributed by atoms with Crippen molar-refractivity contribution >= 4 is 21.4 Å². The number of benzene rings is 1. The van der Waals surface area contributed by atoms with Crippen molar-refractivity contribution < 1.29 is 9.84 Å². The van der Waals surface area contributed by atoms with Crippen molar-refractivity contribution in [3.63, 3.8) is 0 Å². The lowest BCUT2D eigenvalue weighted by molar-refractivity contribution is 0.191. The van der Waals surface area contributed by atoms with Crippen molar-refractivity contribution in [3.8, 4) is 5.75 Å². The largest absolute Gasteiger partial charge is 0.497 e. The Hall–Kier alpha value is -2.45.